The van der Waals surface area contributed by atoms with Crippen molar-refractivity contribution in [3.63, 3.8) is 0 Å². The fourth-order valence-corrected chi connectivity index (χ4v) is 2.82. The van der Waals surface area contributed by atoms with Crippen LogP contribution in [0.5, 0.6) is 0 Å². The molecule has 0 spiro atoms. The van der Waals surface area contributed by atoms with E-state index in [4.69, 9.17) is 23.2 Å². The Morgan fingerprint density at radius 3 is 2.00 bits per heavy atom. The van der Waals surface area contributed by atoms with E-state index in [1.807, 2.05) is 36.4 Å². The molecule has 0 aliphatic rings. The lowest BCUT2D eigenvalue weighted by atomic mass is 9.94. The highest BCUT2D eigenvalue weighted by atomic mass is 35.5. The zero-order chi connectivity index (χ0) is 14.8. The third kappa shape index (κ3) is 2.94. The molecule has 0 aromatic heterocycles. The lowest BCUT2D eigenvalue weighted by Gasteiger charge is -2.12. The molecule has 0 heterocycles. The maximum absolute atomic E-state index is 13.1. The van der Waals surface area contributed by atoms with E-state index in [2.05, 4.69) is 0 Å². The highest BCUT2D eigenvalue weighted by Crippen LogP contribution is 2.36. The van der Waals surface area contributed by atoms with Crippen LogP contribution < -0.4 is 0 Å². The van der Waals surface area contributed by atoms with Crippen molar-refractivity contribution in [3.8, 4) is 22.3 Å². The topological polar surface area (TPSA) is 0 Å². The quantitative estimate of drug-likeness (QED) is 0.508. The van der Waals surface area contributed by atoms with Crippen LogP contribution in [0.1, 0.15) is 0 Å². The second kappa shape index (κ2) is 5.88. The van der Waals surface area contributed by atoms with Crippen LogP contribution in [-0.2, 0) is 0 Å². The molecule has 0 saturated carbocycles. The van der Waals surface area contributed by atoms with E-state index in [0.717, 1.165) is 22.3 Å². The molecule has 0 N–H and O–H groups in total. The van der Waals surface area contributed by atoms with Gasteiger partial charge in [-0.2, -0.15) is 0 Å². The number of rotatable bonds is 2. The molecule has 0 radical (unpaired) electrons. The van der Waals surface area contributed by atoms with E-state index in [-0.39, 0.29) is 5.82 Å². The molecule has 0 atom stereocenters. The van der Waals surface area contributed by atoms with Crippen molar-refractivity contribution in [2.24, 2.45) is 0 Å². The molecule has 3 aromatic rings. The first-order valence-electron chi connectivity index (χ1n) is 6.45. The van der Waals surface area contributed by atoms with Crippen LogP contribution in [-0.4, -0.2) is 0 Å². The third-order valence-corrected chi connectivity index (χ3v) is 3.85. The first-order valence-corrected chi connectivity index (χ1v) is 7.21. The Labute approximate surface area is 132 Å². The van der Waals surface area contributed by atoms with Gasteiger partial charge in [-0.3, -0.25) is 0 Å². The molecule has 0 aliphatic heterocycles. The van der Waals surface area contributed by atoms with Crippen LogP contribution in [0, 0.1) is 5.82 Å². The summed E-state index contributed by atoms with van der Waals surface area (Å²) < 4.78 is 13.1. The molecule has 0 bridgehead atoms. The summed E-state index contributed by atoms with van der Waals surface area (Å²) in [4.78, 5) is 0. The van der Waals surface area contributed by atoms with Gasteiger partial charge in [0, 0.05) is 15.6 Å². The zero-order valence-corrected chi connectivity index (χ0v) is 12.5. The highest BCUT2D eigenvalue weighted by molar-refractivity contribution is 6.36. The van der Waals surface area contributed by atoms with Gasteiger partial charge in [-0.05, 0) is 41.0 Å². The minimum Gasteiger partial charge on any atom is -0.207 e. The SMILES string of the molecule is Fc1ccc(-c2ccccc2-c2ccc(Cl)cc2Cl)cc1. The number of hydrogen-bond donors (Lipinski definition) is 0. The monoisotopic (exact) mass is 316 g/mol. The van der Waals surface area contributed by atoms with E-state index in [1.165, 1.54) is 12.1 Å². The fourth-order valence-electron chi connectivity index (χ4n) is 2.31. The molecule has 0 nitrogen and oxygen atoms in total. The van der Waals surface area contributed by atoms with Crippen molar-refractivity contribution in [1.29, 1.82) is 0 Å². The Bertz CT molecular complexity index is 779. The van der Waals surface area contributed by atoms with Crippen LogP contribution in [0.2, 0.25) is 10.0 Å². The van der Waals surface area contributed by atoms with E-state index in [1.54, 1.807) is 18.2 Å². The Balaban J connectivity index is 2.18. The van der Waals surface area contributed by atoms with Gasteiger partial charge < -0.3 is 0 Å². The summed E-state index contributed by atoms with van der Waals surface area (Å²) in [5, 5.41) is 1.19. The third-order valence-electron chi connectivity index (χ3n) is 3.30. The average molecular weight is 317 g/mol. The molecule has 3 rings (SSSR count). The number of hydrogen-bond acceptors (Lipinski definition) is 0. The smallest absolute Gasteiger partial charge is 0.123 e. The van der Waals surface area contributed by atoms with Gasteiger partial charge in [0.1, 0.15) is 5.82 Å². The van der Waals surface area contributed by atoms with Crippen molar-refractivity contribution in [2.45, 2.75) is 0 Å². The lowest BCUT2D eigenvalue weighted by Crippen LogP contribution is -1.86. The summed E-state index contributed by atoms with van der Waals surface area (Å²) in [7, 11) is 0. The molecule has 0 aliphatic carbocycles. The van der Waals surface area contributed by atoms with Gasteiger partial charge in [0.25, 0.3) is 0 Å². The minimum absolute atomic E-state index is 0.249. The van der Waals surface area contributed by atoms with E-state index in [0.29, 0.717) is 10.0 Å². The van der Waals surface area contributed by atoms with Crippen LogP contribution in [0.25, 0.3) is 22.3 Å². The zero-order valence-electron chi connectivity index (χ0n) is 11.0. The summed E-state index contributed by atoms with van der Waals surface area (Å²) >= 11 is 12.3. The summed E-state index contributed by atoms with van der Waals surface area (Å²) in [6.07, 6.45) is 0. The van der Waals surface area contributed by atoms with Gasteiger partial charge in [-0.15, -0.1) is 0 Å². The highest BCUT2D eigenvalue weighted by Gasteiger charge is 2.10. The lowest BCUT2D eigenvalue weighted by molar-refractivity contribution is 0.628. The summed E-state index contributed by atoms with van der Waals surface area (Å²) in [5.74, 6) is -0.249. The molecular weight excluding hydrogens is 306 g/mol. The number of halogens is 3. The predicted molar refractivity (Wildman–Crippen MR) is 87.3 cm³/mol. The second-order valence-corrected chi connectivity index (χ2v) is 5.52. The molecule has 3 aromatic carbocycles. The number of benzene rings is 3. The van der Waals surface area contributed by atoms with E-state index < -0.39 is 0 Å². The van der Waals surface area contributed by atoms with Crippen LogP contribution in [0.4, 0.5) is 4.39 Å². The Morgan fingerprint density at radius 2 is 1.33 bits per heavy atom. The summed E-state index contributed by atoms with van der Waals surface area (Å²) in [6, 6.07) is 19.7. The summed E-state index contributed by atoms with van der Waals surface area (Å²) in [5.41, 5.74) is 3.84. The first kappa shape index (κ1) is 14.1. The Morgan fingerprint density at radius 1 is 0.667 bits per heavy atom. The predicted octanol–water partition coefficient (Wildman–Crippen LogP) is 6.47. The fraction of sp³-hybridized carbons (Fsp3) is 0. The van der Waals surface area contributed by atoms with Crippen molar-refractivity contribution in [1.82, 2.24) is 0 Å². The van der Waals surface area contributed by atoms with Crippen molar-refractivity contribution in [3.05, 3.63) is 82.6 Å². The summed E-state index contributed by atoms with van der Waals surface area (Å²) in [6.45, 7) is 0. The molecule has 3 heteroatoms. The molecule has 0 fully saturated rings. The van der Waals surface area contributed by atoms with Crippen molar-refractivity contribution < 1.29 is 4.39 Å². The maximum Gasteiger partial charge on any atom is 0.123 e. The standard InChI is InChI=1S/C18H11Cl2F/c19-13-7-10-17(18(20)11-13)16-4-2-1-3-15(16)12-5-8-14(21)9-6-12/h1-11H. The van der Waals surface area contributed by atoms with E-state index in [9.17, 15) is 4.39 Å². The molecule has 0 unspecified atom stereocenters. The minimum atomic E-state index is -0.249. The Kier molecular flexibility index (Phi) is 3.96. The van der Waals surface area contributed by atoms with Gasteiger partial charge in [0.05, 0.1) is 0 Å². The molecule has 0 saturated heterocycles. The molecule has 104 valence electrons. The molecule has 0 amide bonds. The normalized spacial score (nSPS) is 10.6. The van der Waals surface area contributed by atoms with Gasteiger partial charge >= 0.3 is 0 Å². The van der Waals surface area contributed by atoms with Crippen molar-refractivity contribution >= 4 is 23.2 Å². The maximum atomic E-state index is 13.1. The average Bonchev–Trinajstić information content (AvgIpc) is 2.48. The van der Waals surface area contributed by atoms with Gasteiger partial charge in [-0.1, -0.05) is 65.7 Å². The second-order valence-electron chi connectivity index (χ2n) is 4.68. The van der Waals surface area contributed by atoms with Crippen molar-refractivity contribution in [2.75, 3.05) is 0 Å². The van der Waals surface area contributed by atoms with Crippen LogP contribution in [0.3, 0.4) is 0 Å². The largest absolute Gasteiger partial charge is 0.207 e. The van der Waals surface area contributed by atoms with Gasteiger partial charge in [0.15, 0.2) is 0 Å². The van der Waals surface area contributed by atoms with E-state index >= 15 is 0 Å². The van der Waals surface area contributed by atoms with Crippen LogP contribution in [0.15, 0.2) is 66.7 Å². The Hall–Kier alpha value is -1.83. The molecule has 21 heavy (non-hydrogen) atoms. The van der Waals surface area contributed by atoms with Gasteiger partial charge in [-0.25, -0.2) is 4.39 Å². The molecular formula is C18H11Cl2F. The first-order chi connectivity index (χ1) is 10.1. The van der Waals surface area contributed by atoms with Gasteiger partial charge in [0.2, 0.25) is 0 Å². The van der Waals surface area contributed by atoms with Crippen LogP contribution >= 0.6 is 23.2 Å².